The summed E-state index contributed by atoms with van der Waals surface area (Å²) >= 11 is 0. The van der Waals surface area contributed by atoms with Gasteiger partial charge >= 0.3 is 5.97 Å². The maximum Gasteiger partial charge on any atom is 0.339 e. The predicted octanol–water partition coefficient (Wildman–Crippen LogP) is 2.37. The molecule has 110 valence electrons. The first-order valence-corrected chi connectivity index (χ1v) is 5.67. The first-order chi connectivity index (χ1) is 9.73. The molecule has 21 heavy (non-hydrogen) atoms. The Bertz CT molecular complexity index is 747. The van der Waals surface area contributed by atoms with E-state index >= 15 is 0 Å². The fourth-order valence-electron chi connectivity index (χ4n) is 2.03. The minimum atomic E-state index is -1.28. The number of halogens is 2. The number of hydrogen-bond donors (Lipinski definition) is 1. The number of aromatic nitrogens is 2. The minimum absolute atomic E-state index is 0.0200. The van der Waals surface area contributed by atoms with Crippen LogP contribution in [0.1, 0.15) is 21.7 Å². The molecule has 2 rings (SSSR count). The predicted molar refractivity (Wildman–Crippen MR) is 66.6 cm³/mol. The van der Waals surface area contributed by atoms with Gasteiger partial charge in [-0.1, -0.05) is 0 Å². The molecule has 0 saturated carbocycles. The van der Waals surface area contributed by atoms with E-state index < -0.39 is 33.9 Å². The highest BCUT2D eigenvalue weighted by Crippen LogP contribution is 2.26. The Balaban J connectivity index is 2.71. The first-order valence-electron chi connectivity index (χ1n) is 5.67. The van der Waals surface area contributed by atoms with Crippen molar-refractivity contribution >= 4 is 11.7 Å². The van der Waals surface area contributed by atoms with Crippen LogP contribution >= 0.6 is 0 Å². The number of carboxylic acid groups (broad SMARTS) is 1. The average molecular weight is 297 g/mol. The lowest BCUT2D eigenvalue weighted by Gasteiger charge is -2.07. The zero-order valence-electron chi connectivity index (χ0n) is 10.9. The molecule has 1 aromatic carbocycles. The van der Waals surface area contributed by atoms with Crippen LogP contribution in [0.3, 0.4) is 0 Å². The van der Waals surface area contributed by atoms with E-state index in [1.54, 1.807) is 0 Å². The quantitative estimate of drug-likeness (QED) is 0.692. The van der Waals surface area contributed by atoms with Gasteiger partial charge in [-0.05, 0) is 13.8 Å². The Morgan fingerprint density at radius 1 is 1.33 bits per heavy atom. The van der Waals surface area contributed by atoms with Crippen LogP contribution < -0.4 is 0 Å². The second-order valence-corrected chi connectivity index (χ2v) is 4.28. The number of nitro groups is 1. The third-order valence-corrected chi connectivity index (χ3v) is 2.93. The summed E-state index contributed by atoms with van der Waals surface area (Å²) in [7, 11) is 0. The van der Waals surface area contributed by atoms with E-state index in [1.807, 2.05) is 0 Å². The van der Waals surface area contributed by atoms with Gasteiger partial charge in [-0.25, -0.2) is 18.3 Å². The maximum absolute atomic E-state index is 13.9. The second-order valence-electron chi connectivity index (χ2n) is 4.28. The van der Waals surface area contributed by atoms with Crippen molar-refractivity contribution in [1.82, 2.24) is 9.78 Å². The molecule has 1 N–H and O–H groups in total. The number of aryl methyl sites for hydroxylation is 1. The van der Waals surface area contributed by atoms with E-state index in [4.69, 9.17) is 5.11 Å². The maximum atomic E-state index is 13.9. The largest absolute Gasteiger partial charge is 0.478 e. The molecule has 0 radical (unpaired) electrons. The smallest absolute Gasteiger partial charge is 0.339 e. The van der Waals surface area contributed by atoms with Crippen LogP contribution in [0.15, 0.2) is 12.1 Å². The van der Waals surface area contributed by atoms with Crippen molar-refractivity contribution in [3.8, 4) is 5.69 Å². The molecule has 0 saturated heterocycles. The zero-order valence-corrected chi connectivity index (χ0v) is 10.9. The zero-order chi connectivity index (χ0) is 15.9. The molecule has 0 aliphatic rings. The molecule has 1 heterocycles. The fourth-order valence-corrected chi connectivity index (χ4v) is 2.03. The van der Waals surface area contributed by atoms with Gasteiger partial charge in [0.15, 0.2) is 11.6 Å². The topological polar surface area (TPSA) is 98.3 Å². The van der Waals surface area contributed by atoms with E-state index in [-0.39, 0.29) is 17.0 Å². The molecule has 0 aliphatic carbocycles. The van der Waals surface area contributed by atoms with Crippen LogP contribution in [0, 0.1) is 35.6 Å². The Labute approximate surface area is 116 Å². The van der Waals surface area contributed by atoms with Crippen molar-refractivity contribution in [3.63, 3.8) is 0 Å². The van der Waals surface area contributed by atoms with Crippen LogP contribution in [0.5, 0.6) is 0 Å². The van der Waals surface area contributed by atoms with Gasteiger partial charge in [0.2, 0.25) is 0 Å². The lowest BCUT2D eigenvalue weighted by molar-refractivity contribution is -0.385. The highest BCUT2D eigenvalue weighted by Gasteiger charge is 2.24. The van der Waals surface area contributed by atoms with Crippen molar-refractivity contribution in [3.05, 3.63) is 50.8 Å². The van der Waals surface area contributed by atoms with Gasteiger partial charge < -0.3 is 5.11 Å². The molecule has 0 aliphatic heterocycles. The number of carboxylic acids is 1. The van der Waals surface area contributed by atoms with Crippen molar-refractivity contribution in [2.75, 3.05) is 0 Å². The molecular formula is C12H9F2N3O4. The third kappa shape index (κ3) is 2.33. The van der Waals surface area contributed by atoms with Gasteiger partial charge in [0.1, 0.15) is 11.3 Å². The molecule has 9 heteroatoms. The Hall–Kier alpha value is -2.84. The van der Waals surface area contributed by atoms with Crippen LogP contribution in [0.25, 0.3) is 5.69 Å². The summed E-state index contributed by atoms with van der Waals surface area (Å²) in [5.74, 6) is -3.69. The molecular weight excluding hydrogens is 288 g/mol. The molecule has 1 aromatic heterocycles. The number of hydrogen-bond acceptors (Lipinski definition) is 4. The molecule has 2 aromatic rings. The van der Waals surface area contributed by atoms with Crippen molar-refractivity contribution < 1.29 is 23.6 Å². The molecule has 7 nitrogen and oxygen atoms in total. The van der Waals surface area contributed by atoms with Gasteiger partial charge in [0.25, 0.3) is 5.69 Å². The molecule has 0 amide bonds. The van der Waals surface area contributed by atoms with Gasteiger partial charge in [-0.2, -0.15) is 5.10 Å². The van der Waals surface area contributed by atoms with E-state index in [0.29, 0.717) is 12.1 Å². The first kappa shape index (κ1) is 14.6. The number of nitrogens with zero attached hydrogens (tertiary/aromatic N) is 3. The number of nitro benzene ring substituents is 1. The highest BCUT2D eigenvalue weighted by atomic mass is 19.1. The minimum Gasteiger partial charge on any atom is -0.478 e. The molecule has 0 spiro atoms. The number of benzene rings is 1. The number of non-ortho nitro benzene ring substituents is 1. The van der Waals surface area contributed by atoms with Crippen LogP contribution in [0.2, 0.25) is 0 Å². The second kappa shape index (κ2) is 4.93. The highest BCUT2D eigenvalue weighted by molar-refractivity contribution is 5.90. The Morgan fingerprint density at radius 2 is 1.86 bits per heavy atom. The van der Waals surface area contributed by atoms with Crippen LogP contribution in [-0.4, -0.2) is 25.8 Å². The van der Waals surface area contributed by atoms with Crippen molar-refractivity contribution in [2.24, 2.45) is 0 Å². The van der Waals surface area contributed by atoms with E-state index in [1.165, 1.54) is 13.8 Å². The molecule has 0 fully saturated rings. The SMILES string of the molecule is Cc1nn(-c2c(F)cc([N+](=O)[O-])cc2F)c(C)c1C(=O)O. The summed E-state index contributed by atoms with van der Waals surface area (Å²) in [5, 5.41) is 23.4. The summed E-state index contributed by atoms with van der Waals surface area (Å²) in [6, 6.07) is 1.10. The molecule has 0 unspecified atom stereocenters. The van der Waals surface area contributed by atoms with E-state index in [2.05, 4.69) is 5.10 Å². The van der Waals surface area contributed by atoms with Gasteiger partial charge in [0.05, 0.1) is 28.4 Å². The average Bonchev–Trinajstić information content (AvgIpc) is 2.63. The summed E-state index contributed by atoms with van der Waals surface area (Å²) in [4.78, 5) is 20.7. The number of rotatable bonds is 3. The molecule has 0 atom stereocenters. The van der Waals surface area contributed by atoms with Crippen LogP contribution in [-0.2, 0) is 0 Å². The summed E-state index contributed by atoms with van der Waals surface area (Å²) in [6.07, 6.45) is 0. The monoisotopic (exact) mass is 297 g/mol. The van der Waals surface area contributed by atoms with Crippen molar-refractivity contribution in [1.29, 1.82) is 0 Å². The normalized spacial score (nSPS) is 10.7. The summed E-state index contributed by atoms with van der Waals surface area (Å²) < 4.78 is 28.6. The van der Waals surface area contributed by atoms with Gasteiger partial charge in [-0.15, -0.1) is 0 Å². The summed E-state index contributed by atoms with van der Waals surface area (Å²) in [6.45, 7) is 2.72. The van der Waals surface area contributed by atoms with Gasteiger partial charge in [0, 0.05) is 0 Å². The fraction of sp³-hybridized carbons (Fsp3) is 0.167. The van der Waals surface area contributed by atoms with Crippen LogP contribution in [0.4, 0.5) is 14.5 Å². The number of aromatic carboxylic acids is 1. The van der Waals surface area contributed by atoms with E-state index in [9.17, 15) is 23.7 Å². The number of carbonyl (C=O) groups is 1. The molecule has 0 bridgehead atoms. The lowest BCUT2D eigenvalue weighted by atomic mass is 10.2. The standard InChI is InChI=1S/C12H9F2N3O4/c1-5-10(12(18)19)6(2)16(15-5)11-8(13)3-7(17(20)21)4-9(11)14/h3-4H,1-2H3,(H,18,19). The third-order valence-electron chi connectivity index (χ3n) is 2.93. The Morgan fingerprint density at radius 3 is 2.24 bits per heavy atom. The van der Waals surface area contributed by atoms with Crippen molar-refractivity contribution in [2.45, 2.75) is 13.8 Å². The van der Waals surface area contributed by atoms with E-state index in [0.717, 1.165) is 4.68 Å². The Kier molecular flexibility index (Phi) is 3.42. The lowest BCUT2D eigenvalue weighted by Crippen LogP contribution is -2.07. The summed E-state index contributed by atoms with van der Waals surface area (Å²) in [5.41, 5.74) is -1.47. The van der Waals surface area contributed by atoms with Gasteiger partial charge in [-0.3, -0.25) is 10.1 Å².